The second kappa shape index (κ2) is 5.54. The number of rotatable bonds is 5. The van der Waals surface area contributed by atoms with E-state index in [0.29, 0.717) is 5.92 Å². The van der Waals surface area contributed by atoms with Gasteiger partial charge < -0.3 is 10.2 Å². The molecule has 2 unspecified atom stereocenters. The van der Waals surface area contributed by atoms with Gasteiger partial charge in [0.25, 0.3) is 0 Å². The van der Waals surface area contributed by atoms with Crippen molar-refractivity contribution in [1.82, 2.24) is 10.2 Å². The molecule has 1 aliphatic heterocycles. The van der Waals surface area contributed by atoms with Crippen molar-refractivity contribution in [3.63, 3.8) is 0 Å². The van der Waals surface area contributed by atoms with Crippen LogP contribution in [0.2, 0.25) is 0 Å². The van der Waals surface area contributed by atoms with E-state index in [1.54, 1.807) is 11.1 Å². The molecule has 104 valence electrons. The van der Waals surface area contributed by atoms with Crippen molar-refractivity contribution in [2.75, 3.05) is 26.2 Å². The molecule has 2 heteroatoms. The highest BCUT2D eigenvalue weighted by Crippen LogP contribution is 2.40. The first-order valence-corrected chi connectivity index (χ1v) is 7.91. The molecule has 0 aromatic rings. The van der Waals surface area contributed by atoms with E-state index in [2.05, 4.69) is 42.3 Å². The summed E-state index contributed by atoms with van der Waals surface area (Å²) in [6.07, 6.45) is 11.2. The zero-order valence-electron chi connectivity index (χ0n) is 12.3. The lowest BCUT2D eigenvalue weighted by Crippen LogP contribution is -2.23. The van der Waals surface area contributed by atoms with Gasteiger partial charge in [-0.25, -0.2) is 0 Å². The summed E-state index contributed by atoms with van der Waals surface area (Å²) in [7, 11) is 0. The summed E-state index contributed by atoms with van der Waals surface area (Å²) in [5.41, 5.74) is 4.67. The van der Waals surface area contributed by atoms with Crippen molar-refractivity contribution in [3.8, 4) is 0 Å². The number of hydrogen-bond acceptors (Lipinski definition) is 2. The quantitative estimate of drug-likeness (QED) is 0.815. The van der Waals surface area contributed by atoms with E-state index in [4.69, 9.17) is 0 Å². The molecule has 1 N–H and O–H groups in total. The fourth-order valence-corrected chi connectivity index (χ4v) is 3.68. The SMILES string of the molecule is CCCN(CCC)C1=CC2CC3CNCC3=CC2=C1. The molecule has 0 bridgehead atoms. The van der Waals surface area contributed by atoms with Crippen LogP contribution in [0, 0.1) is 11.8 Å². The third-order valence-electron chi connectivity index (χ3n) is 4.60. The van der Waals surface area contributed by atoms with Crippen LogP contribution in [0.5, 0.6) is 0 Å². The van der Waals surface area contributed by atoms with Gasteiger partial charge in [-0.3, -0.25) is 0 Å². The summed E-state index contributed by atoms with van der Waals surface area (Å²) >= 11 is 0. The average molecular weight is 258 g/mol. The van der Waals surface area contributed by atoms with E-state index in [-0.39, 0.29) is 0 Å². The summed E-state index contributed by atoms with van der Waals surface area (Å²) in [5, 5.41) is 3.50. The summed E-state index contributed by atoms with van der Waals surface area (Å²) in [4.78, 5) is 2.57. The molecular formula is C17H26N2. The van der Waals surface area contributed by atoms with Crippen LogP contribution in [0.25, 0.3) is 0 Å². The Morgan fingerprint density at radius 3 is 2.74 bits per heavy atom. The fourth-order valence-electron chi connectivity index (χ4n) is 3.68. The van der Waals surface area contributed by atoms with Crippen LogP contribution in [-0.2, 0) is 0 Å². The number of hydrogen-bond donors (Lipinski definition) is 1. The lowest BCUT2D eigenvalue weighted by Gasteiger charge is -2.24. The molecule has 0 spiro atoms. The zero-order valence-corrected chi connectivity index (χ0v) is 12.3. The Kier molecular flexibility index (Phi) is 3.79. The molecule has 2 atom stereocenters. The highest BCUT2D eigenvalue weighted by atomic mass is 15.1. The molecule has 3 aliphatic rings. The molecule has 1 heterocycles. The predicted molar refractivity (Wildman–Crippen MR) is 80.9 cm³/mol. The maximum absolute atomic E-state index is 3.50. The third kappa shape index (κ3) is 2.51. The first kappa shape index (κ1) is 13.0. The molecule has 0 amide bonds. The van der Waals surface area contributed by atoms with Crippen LogP contribution in [0.4, 0.5) is 0 Å². The topological polar surface area (TPSA) is 15.3 Å². The van der Waals surface area contributed by atoms with Crippen molar-refractivity contribution >= 4 is 0 Å². The predicted octanol–water partition coefficient (Wildman–Crippen LogP) is 3.10. The van der Waals surface area contributed by atoms with Crippen LogP contribution in [0.1, 0.15) is 33.1 Å². The molecule has 1 saturated heterocycles. The van der Waals surface area contributed by atoms with Crippen LogP contribution in [-0.4, -0.2) is 31.1 Å². The van der Waals surface area contributed by atoms with E-state index in [9.17, 15) is 0 Å². The number of allylic oxidation sites excluding steroid dienone is 4. The minimum absolute atomic E-state index is 0.680. The molecule has 2 nitrogen and oxygen atoms in total. The Labute approximate surface area is 117 Å². The van der Waals surface area contributed by atoms with Gasteiger partial charge in [-0.1, -0.05) is 31.6 Å². The number of nitrogens with zero attached hydrogens (tertiary/aromatic N) is 1. The highest BCUT2D eigenvalue weighted by molar-refractivity contribution is 5.46. The van der Waals surface area contributed by atoms with Crippen molar-refractivity contribution in [1.29, 1.82) is 0 Å². The first-order chi connectivity index (χ1) is 9.31. The maximum Gasteiger partial charge on any atom is 0.0334 e. The number of fused-ring (bicyclic) bond motifs is 2. The lowest BCUT2D eigenvalue weighted by atomic mass is 9.81. The van der Waals surface area contributed by atoms with Crippen LogP contribution >= 0.6 is 0 Å². The second-order valence-corrected chi connectivity index (χ2v) is 6.11. The van der Waals surface area contributed by atoms with Crippen molar-refractivity contribution in [2.24, 2.45) is 11.8 Å². The summed E-state index contributed by atoms with van der Waals surface area (Å²) < 4.78 is 0. The van der Waals surface area contributed by atoms with E-state index in [0.717, 1.165) is 12.5 Å². The smallest absolute Gasteiger partial charge is 0.0334 e. The van der Waals surface area contributed by atoms with Gasteiger partial charge in [-0.15, -0.1) is 0 Å². The van der Waals surface area contributed by atoms with Gasteiger partial charge in [0.05, 0.1) is 0 Å². The van der Waals surface area contributed by atoms with Gasteiger partial charge in [0.15, 0.2) is 0 Å². The first-order valence-electron chi connectivity index (χ1n) is 7.91. The molecule has 0 saturated carbocycles. The molecule has 0 aromatic carbocycles. The van der Waals surface area contributed by atoms with Crippen molar-refractivity contribution in [3.05, 3.63) is 35.1 Å². The standard InChI is InChI=1S/C17H26N2/c1-3-5-19(6-4-2)17-9-13-7-15-11-18-12-16(15)8-14(13)10-17/h7,9-10,14,16,18H,3-6,8,11-12H2,1-2H3. The molecule has 0 aromatic heterocycles. The third-order valence-corrected chi connectivity index (χ3v) is 4.60. The van der Waals surface area contributed by atoms with E-state index < -0.39 is 0 Å². The molecule has 19 heavy (non-hydrogen) atoms. The molecule has 3 rings (SSSR count). The molecule has 2 aliphatic carbocycles. The maximum atomic E-state index is 3.50. The minimum Gasteiger partial charge on any atom is -0.372 e. The average Bonchev–Trinajstić information content (AvgIpc) is 3.00. The van der Waals surface area contributed by atoms with E-state index >= 15 is 0 Å². The molecular weight excluding hydrogens is 232 g/mol. The van der Waals surface area contributed by atoms with Gasteiger partial charge in [0.2, 0.25) is 0 Å². The van der Waals surface area contributed by atoms with E-state index in [1.165, 1.54) is 44.6 Å². The van der Waals surface area contributed by atoms with Gasteiger partial charge >= 0.3 is 0 Å². The minimum atomic E-state index is 0.680. The largest absolute Gasteiger partial charge is 0.372 e. The second-order valence-electron chi connectivity index (χ2n) is 6.11. The van der Waals surface area contributed by atoms with Gasteiger partial charge in [0.1, 0.15) is 0 Å². The summed E-state index contributed by atoms with van der Waals surface area (Å²) in [5.74, 6) is 1.48. The van der Waals surface area contributed by atoms with Gasteiger partial charge in [0, 0.05) is 37.8 Å². The van der Waals surface area contributed by atoms with Crippen molar-refractivity contribution < 1.29 is 0 Å². The monoisotopic (exact) mass is 258 g/mol. The lowest BCUT2D eigenvalue weighted by molar-refractivity contribution is 0.354. The van der Waals surface area contributed by atoms with Gasteiger partial charge in [-0.05, 0) is 36.8 Å². The molecule has 0 radical (unpaired) electrons. The Bertz CT molecular complexity index is 425. The van der Waals surface area contributed by atoms with E-state index in [1.807, 2.05) is 0 Å². The Hall–Kier alpha value is -1.02. The van der Waals surface area contributed by atoms with Crippen LogP contribution in [0.15, 0.2) is 35.1 Å². The Morgan fingerprint density at radius 1 is 1.21 bits per heavy atom. The Morgan fingerprint density at radius 2 is 2.00 bits per heavy atom. The highest BCUT2D eigenvalue weighted by Gasteiger charge is 2.32. The summed E-state index contributed by atoms with van der Waals surface area (Å²) in [6, 6.07) is 0. The van der Waals surface area contributed by atoms with Crippen LogP contribution in [0.3, 0.4) is 0 Å². The summed E-state index contributed by atoms with van der Waals surface area (Å²) in [6.45, 7) is 9.23. The van der Waals surface area contributed by atoms with Crippen molar-refractivity contribution in [2.45, 2.75) is 33.1 Å². The van der Waals surface area contributed by atoms with Crippen LogP contribution < -0.4 is 5.32 Å². The molecule has 1 fully saturated rings. The normalized spacial score (nSPS) is 28.4. The van der Waals surface area contributed by atoms with Gasteiger partial charge in [-0.2, -0.15) is 0 Å². The fraction of sp³-hybridized carbons (Fsp3) is 0.647. The Balaban J connectivity index is 1.78. The number of nitrogens with one attached hydrogen (secondary N) is 1. The zero-order chi connectivity index (χ0) is 13.2.